The number of carbonyl (C=O) groups is 2. The summed E-state index contributed by atoms with van der Waals surface area (Å²) in [7, 11) is 0. The van der Waals surface area contributed by atoms with Gasteiger partial charge in [-0.2, -0.15) is 0 Å². The van der Waals surface area contributed by atoms with E-state index in [-0.39, 0.29) is 0 Å². The molecule has 0 fully saturated rings. The highest BCUT2D eigenvalue weighted by atomic mass is 16.4. The Labute approximate surface area is 81.6 Å². The van der Waals surface area contributed by atoms with Gasteiger partial charge in [0.05, 0.1) is 12.0 Å². The lowest BCUT2D eigenvalue weighted by atomic mass is 10.2. The number of carbonyl (C=O) groups excluding carboxylic acids is 2. The van der Waals surface area contributed by atoms with Crippen molar-refractivity contribution in [2.45, 2.75) is 13.0 Å². The fraction of sp³-hybridized carbons (Fsp3) is 0.200. The highest BCUT2D eigenvalue weighted by Gasteiger charge is 2.08. The Morgan fingerprint density at radius 1 is 1.29 bits per heavy atom. The third kappa shape index (κ3) is 2.58. The van der Waals surface area contributed by atoms with Gasteiger partial charge in [0.2, 0.25) is 0 Å². The molecular formula is C10H10NO3-. The molecule has 0 aliphatic rings. The predicted molar refractivity (Wildman–Crippen MR) is 48.4 cm³/mol. The SMILES string of the molecule is C[C@H](NC(=O)c1ccccc1)C(=O)[O-]. The molecule has 0 aliphatic carbocycles. The molecule has 1 N–H and O–H groups in total. The first-order valence-corrected chi connectivity index (χ1v) is 4.18. The molecule has 14 heavy (non-hydrogen) atoms. The van der Waals surface area contributed by atoms with E-state index in [2.05, 4.69) is 5.32 Å². The minimum absolute atomic E-state index is 0.415. The zero-order valence-electron chi connectivity index (χ0n) is 7.69. The molecule has 0 bridgehead atoms. The minimum atomic E-state index is -1.30. The summed E-state index contributed by atoms with van der Waals surface area (Å²) in [4.78, 5) is 21.7. The molecule has 1 atom stereocenters. The predicted octanol–water partition coefficient (Wildman–Crippen LogP) is -0.445. The number of hydrogen-bond donors (Lipinski definition) is 1. The van der Waals surface area contributed by atoms with Crippen molar-refractivity contribution in [3.8, 4) is 0 Å². The Morgan fingerprint density at radius 2 is 1.86 bits per heavy atom. The fourth-order valence-electron chi connectivity index (χ4n) is 0.928. The minimum Gasteiger partial charge on any atom is -0.548 e. The molecule has 0 unspecified atom stereocenters. The molecule has 1 aromatic carbocycles. The van der Waals surface area contributed by atoms with Gasteiger partial charge >= 0.3 is 0 Å². The topological polar surface area (TPSA) is 69.2 Å². The first-order chi connectivity index (χ1) is 6.61. The van der Waals surface area contributed by atoms with Gasteiger partial charge in [-0.1, -0.05) is 18.2 Å². The molecule has 4 nitrogen and oxygen atoms in total. The lowest BCUT2D eigenvalue weighted by molar-refractivity contribution is -0.307. The Balaban J connectivity index is 2.64. The van der Waals surface area contributed by atoms with Crippen molar-refractivity contribution < 1.29 is 14.7 Å². The van der Waals surface area contributed by atoms with Crippen LogP contribution in [-0.2, 0) is 4.79 Å². The van der Waals surface area contributed by atoms with Gasteiger partial charge in [-0.05, 0) is 19.1 Å². The van der Waals surface area contributed by atoms with E-state index in [4.69, 9.17) is 0 Å². The zero-order chi connectivity index (χ0) is 10.6. The molecule has 1 rings (SSSR count). The fourth-order valence-corrected chi connectivity index (χ4v) is 0.928. The largest absolute Gasteiger partial charge is 0.548 e. The highest BCUT2D eigenvalue weighted by molar-refractivity contribution is 5.96. The molecule has 0 saturated carbocycles. The van der Waals surface area contributed by atoms with E-state index in [0.717, 1.165) is 0 Å². The number of aliphatic carboxylic acids is 1. The van der Waals surface area contributed by atoms with E-state index < -0.39 is 17.9 Å². The summed E-state index contributed by atoms with van der Waals surface area (Å²) in [6.07, 6.45) is 0. The number of benzene rings is 1. The quantitative estimate of drug-likeness (QED) is 0.705. The smallest absolute Gasteiger partial charge is 0.251 e. The average Bonchev–Trinajstić information content (AvgIpc) is 2.19. The van der Waals surface area contributed by atoms with Crippen LogP contribution in [0.15, 0.2) is 30.3 Å². The lowest BCUT2D eigenvalue weighted by Crippen LogP contribution is -2.45. The van der Waals surface area contributed by atoms with Crippen LogP contribution >= 0.6 is 0 Å². The molecule has 1 aromatic rings. The standard InChI is InChI=1S/C10H11NO3/c1-7(10(13)14)11-9(12)8-5-3-2-4-6-8/h2-7H,1H3,(H,11,12)(H,13,14)/p-1/t7-/m0/s1. The second-order valence-corrected chi connectivity index (χ2v) is 2.88. The monoisotopic (exact) mass is 192 g/mol. The highest BCUT2D eigenvalue weighted by Crippen LogP contribution is 1.98. The summed E-state index contributed by atoms with van der Waals surface area (Å²) in [5.74, 6) is -1.71. The van der Waals surface area contributed by atoms with Crippen LogP contribution in [-0.4, -0.2) is 17.9 Å². The number of amides is 1. The molecule has 74 valence electrons. The Morgan fingerprint density at radius 3 is 2.36 bits per heavy atom. The molecule has 0 radical (unpaired) electrons. The summed E-state index contributed by atoms with van der Waals surface area (Å²) in [6, 6.07) is 7.42. The maximum atomic E-state index is 11.4. The lowest BCUT2D eigenvalue weighted by Gasteiger charge is -2.14. The van der Waals surface area contributed by atoms with E-state index in [9.17, 15) is 14.7 Å². The number of carboxylic acid groups (broad SMARTS) is 1. The van der Waals surface area contributed by atoms with Gasteiger partial charge in [0.25, 0.3) is 5.91 Å². The maximum Gasteiger partial charge on any atom is 0.251 e. The number of nitrogens with one attached hydrogen (secondary N) is 1. The normalized spacial score (nSPS) is 11.8. The Hall–Kier alpha value is -1.84. The summed E-state index contributed by atoms with van der Waals surface area (Å²) in [5.41, 5.74) is 0.431. The third-order valence-electron chi connectivity index (χ3n) is 1.74. The van der Waals surface area contributed by atoms with Crippen LogP contribution in [0.5, 0.6) is 0 Å². The van der Waals surface area contributed by atoms with Crippen LogP contribution < -0.4 is 10.4 Å². The average molecular weight is 192 g/mol. The summed E-state index contributed by atoms with van der Waals surface area (Å²) < 4.78 is 0. The van der Waals surface area contributed by atoms with Crippen LogP contribution in [0.1, 0.15) is 17.3 Å². The van der Waals surface area contributed by atoms with E-state index in [1.54, 1.807) is 30.3 Å². The van der Waals surface area contributed by atoms with Crippen molar-refractivity contribution in [3.05, 3.63) is 35.9 Å². The Bertz CT molecular complexity index is 334. The van der Waals surface area contributed by atoms with E-state index in [1.165, 1.54) is 6.92 Å². The van der Waals surface area contributed by atoms with Gasteiger partial charge in [-0.3, -0.25) is 4.79 Å². The van der Waals surface area contributed by atoms with Gasteiger partial charge in [0.15, 0.2) is 0 Å². The summed E-state index contributed by atoms with van der Waals surface area (Å²) in [6.45, 7) is 1.36. The molecule has 0 saturated heterocycles. The molecule has 0 spiro atoms. The maximum absolute atomic E-state index is 11.4. The second-order valence-electron chi connectivity index (χ2n) is 2.88. The number of hydrogen-bond acceptors (Lipinski definition) is 3. The zero-order valence-corrected chi connectivity index (χ0v) is 7.69. The van der Waals surface area contributed by atoms with Crippen LogP contribution in [0, 0.1) is 0 Å². The van der Waals surface area contributed by atoms with Gasteiger partial charge < -0.3 is 15.2 Å². The van der Waals surface area contributed by atoms with Crippen molar-refractivity contribution in [1.29, 1.82) is 0 Å². The van der Waals surface area contributed by atoms with Gasteiger partial charge in [-0.25, -0.2) is 0 Å². The van der Waals surface area contributed by atoms with Crippen LogP contribution in [0.25, 0.3) is 0 Å². The van der Waals surface area contributed by atoms with E-state index >= 15 is 0 Å². The van der Waals surface area contributed by atoms with Crippen molar-refractivity contribution in [2.24, 2.45) is 0 Å². The van der Waals surface area contributed by atoms with Crippen molar-refractivity contribution in [2.75, 3.05) is 0 Å². The molecule has 1 amide bonds. The number of carboxylic acids is 1. The van der Waals surface area contributed by atoms with Crippen molar-refractivity contribution in [1.82, 2.24) is 5.32 Å². The first kappa shape index (κ1) is 10.2. The van der Waals surface area contributed by atoms with E-state index in [0.29, 0.717) is 5.56 Å². The van der Waals surface area contributed by atoms with Gasteiger partial charge in [-0.15, -0.1) is 0 Å². The van der Waals surface area contributed by atoms with Crippen molar-refractivity contribution >= 4 is 11.9 Å². The Kier molecular flexibility index (Phi) is 3.23. The third-order valence-corrected chi connectivity index (χ3v) is 1.74. The molecule has 0 aromatic heterocycles. The first-order valence-electron chi connectivity index (χ1n) is 4.18. The van der Waals surface area contributed by atoms with Gasteiger partial charge in [0, 0.05) is 5.56 Å². The molecule has 4 heteroatoms. The van der Waals surface area contributed by atoms with Crippen LogP contribution in [0.4, 0.5) is 0 Å². The molecule has 0 heterocycles. The molecule has 0 aliphatic heterocycles. The second kappa shape index (κ2) is 4.41. The number of rotatable bonds is 3. The van der Waals surface area contributed by atoms with Crippen LogP contribution in [0.3, 0.4) is 0 Å². The van der Waals surface area contributed by atoms with Gasteiger partial charge in [0.1, 0.15) is 0 Å². The summed E-state index contributed by atoms with van der Waals surface area (Å²) >= 11 is 0. The van der Waals surface area contributed by atoms with Crippen molar-refractivity contribution in [3.63, 3.8) is 0 Å². The van der Waals surface area contributed by atoms with Crippen LogP contribution in [0.2, 0.25) is 0 Å². The summed E-state index contributed by atoms with van der Waals surface area (Å²) in [5, 5.41) is 12.6. The molecular weight excluding hydrogens is 182 g/mol. The van der Waals surface area contributed by atoms with E-state index in [1.807, 2.05) is 0 Å².